The number of alkyl halides is 3. The van der Waals surface area contributed by atoms with Crippen LogP contribution in [-0.2, 0) is 4.79 Å². The van der Waals surface area contributed by atoms with Crippen molar-refractivity contribution >= 4 is 22.3 Å². The van der Waals surface area contributed by atoms with E-state index in [2.05, 4.69) is 4.98 Å². The van der Waals surface area contributed by atoms with Gasteiger partial charge in [-0.1, -0.05) is 24.3 Å². The van der Waals surface area contributed by atoms with Crippen molar-refractivity contribution in [2.24, 2.45) is 0 Å². The Labute approximate surface area is 106 Å². The van der Waals surface area contributed by atoms with Crippen LogP contribution in [0, 0.1) is 0 Å². The van der Waals surface area contributed by atoms with E-state index in [-0.39, 0.29) is 5.69 Å². The highest BCUT2D eigenvalue weighted by atomic mass is 19.4. The molecule has 0 spiro atoms. The van der Waals surface area contributed by atoms with Crippen LogP contribution in [0.2, 0.25) is 0 Å². The summed E-state index contributed by atoms with van der Waals surface area (Å²) in [5.41, 5.74) is -0.115. The number of hydrogen-bond acceptors (Lipinski definition) is 3. The van der Waals surface area contributed by atoms with Crippen molar-refractivity contribution in [2.75, 3.05) is 0 Å². The van der Waals surface area contributed by atoms with Gasteiger partial charge in [0, 0.05) is 11.6 Å². The van der Waals surface area contributed by atoms with Gasteiger partial charge in [-0.25, -0.2) is 0 Å². The monoisotopic (exact) mass is 267 g/mol. The third-order valence-corrected chi connectivity index (χ3v) is 2.58. The number of rotatable bonds is 3. The van der Waals surface area contributed by atoms with Gasteiger partial charge < -0.3 is 0 Å². The van der Waals surface area contributed by atoms with Crippen LogP contribution in [-0.4, -0.2) is 22.7 Å². The van der Waals surface area contributed by atoms with E-state index in [0.29, 0.717) is 10.8 Å². The largest absolute Gasteiger partial charge is 0.450 e. The second-order valence-electron chi connectivity index (χ2n) is 3.90. The van der Waals surface area contributed by atoms with Crippen LogP contribution in [0.25, 0.3) is 10.8 Å². The molecule has 0 saturated heterocycles. The first-order valence-corrected chi connectivity index (χ1v) is 5.36. The number of benzene rings is 1. The third kappa shape index (κ3) is 2.78. The summed E-state index contributed by atoms with van der Waals surface area (Å²) in [6.07, 6.45) is -4.89. The molecular formula is C13H8F3NO2. The highest BCUT2D eigenvalue weighted by Gasteiger charge is 2.39. The molecule has 1 aromatic carbocycles. The van der Waals surface area contributed by atoms with E-state index < -0.39 is 24.2 Å². The second kappa shape index (κ2) is 4.79. The molecular weight excluding hydrogens is 259 g/mol. The highest BCUT2D eigenvalue weighted by Crippen LogP contribution is 2.21. The lowest BCUT2D eigenvalue weighted by Crippen LogP contribution is -2.25. The molecule has 1 aromatic heterocycles. The maximum Gasteiger partial charge on any atom is 0.450 e. The highest BCUT2D eigenvalue weighted by molar-refractivity contribution is 6.14. The van der Waals surface area contributed by atoms with Crippen LogP contribution in [0.1, 0.15) is 16.9 Å². The molecule has 0 unspecified atom stereocenters. The van der Waals surface area contributed by atoms with Gasteiger partial charge in [0.05, 0.1) is 6.42 Å². The molecule has 0 bridgehead atoms. The van der Waals surface area contributed by atoms with Crippen molar-refractivity contribution in [1.82, 2.24) is 4.98 Å². The van der Waals surface area contributed by atoms with E-state index in [1.165, 1.54) is 6.20 Å². The van der Waals surface area contributed by atoms with Gasteiger partial charge in [-0.05, 0) is 11.5 Å². The van der Waals surface area contributed by atoms with Crippen molar-refractivity contribution in [3.63, 3.8) is 0 Å². The fourth-order valence-corrected chi connectivity index (χ4v) is 1.67. The van der Waals surface area contributed by atoms with Crippen molar-refractivity contribution in [3.8, 4) is 0 Å². The van der Waals surface area contributed by atoms with Gasteiger partial charge in [-0.2, -0.15) is 13.2 Å². The Hall–Kier alpha value is -2.24. The molecule has 19 heavy (non-hydrogen) atoms. The minimum absolute atomic E-state index is 0.115. The lowest BCUT2D eigenvalue weighted by molar-refractivity contribution is -0.170. The molecule has 0 fully saturated rings. The molecule has 0 aliphatic heterocycles. The van der Waals surface area contributed by atoms with Gasteiger partial charge >= 0.3 is 6.18 Å². The Morgan fingerprint density at radius 1 is 1.11 bits per heavy atom. The normalized spacial score (nSPS) is 11.5. The first kappa shape index (κ1) is 13.2. The van der Waals surface area contributed by atoms with Crippen LogP contribution in [0.15, 0.2) is 36.5 Å². The standard InChI is InChI=1S/C13H8F3NO2/c14-13(15,16)11(19)7-10(18)12-9-4-2-1-3-8(9)5-6-17-12/h1-6H,7H2. The molecule has 0 N–H and O–H groups in total. The number of aromatic nitrogens is 1. The summed E-state index contributed by atoms with van der Waals surface area (Å²) >= 11 is 0. The zero-order chi connectivity index (χ0) is 14.0. The zero-order valence-corrected chi connectivity index (χ0v) is 9.57. The molecule has 2 aromatic rings. The number of nitrogens with zero attached hydrogens (tertiary/aromatic N) is 1. The van der Waals surface area contributed by atoms with Crippen molar-refractivity contribution < 1.29 is 22.8 Å². The molecule has 0 saturated carbocycles. The zero-order valence-electron chi connectivity index (χ0n) is 9.57. The number of ketones is 2. The van der Waals surface area contributed by atoms with Crippen LogP contribution >= 0.6 is 0 Å². The third-order valence-electron chi connectivity index (χ3n) is 2.58. The minimum Gasteiger partial charge on any atom is -0.292 e. The fourth-order valence-electron chi connectivity index (χ4n) is 1.67. The summed E-state index contributed by atoms with van der Waals surface area (Å²) in [4.78, 5) is 26.3. The van der Waals surface area contributed by atoms with Crippen molar-refractivity contribution in [3.05, 3.63) is 42.2 Å². The predicted octanol–water partition coefficient (Wildman–Crippen LogP) is 2.94. The van der Waals surface area contributed by atoms with E-state index in [1.807, 2.05) is 0 Å². The summed E-state index contributed by atoms with van der Waals surface area (Å²) in [5, 5.41) is 1.12. The average Bonchev–Trinajstić information content (AvgIpc) is 2.36. The molecule has 1 heterocycles. The van der Waals surface area contributed by atoms with E-state index in [0.717, 1.165) is 0 Å². The van der Waals surface area contributed by atoms with Gasteiger partial charge in [0.25, 0.3) is 0 Å². The lowest BCUT2D eigenvalue weighted by Gasteiger charge is -2.06. The van der Waals surface area contributed by atoms with E-state index in [9.17, 15) is 22.8 Å². The van der Waals surface area contributed by atoms with Crippen LogP contribution < -0.4 is 0 Å². The van der Waals surface area contributed by atoms with Crippen LogP contribution in [0.5, 0.6) is 0 Å². The average molecular weight is 267 g/mol. The van der Waals surface area contributed by atoms with Gasteiger partial charge in [-0.15, -0.1) is 0 Å². The number of hydrogen-bond donors (Lipinski definition) is 0. The molecule has 0 aliphatic rings. The lowest BCUT2D eigenvalue weighted by atomic mass is 10.0. The Morgan fingerprint density at radius 2 is 1.79 bits per heavy atom. The number of pyridine rings is 1. The Kier molecular flexibility index (Phi) is 3.33. The van der Waals surface area contributed by atoms with Gasteiger partial charge in [-0.3, -0.25) is 14.6 Å². The number of carbonyl (C=O) groups excluding carboxylic acids is 2. The molecule has 0 aliphatic carbocycles. The number of fused-ring (bicyclic) bond motifs is 1. The molecule has 6 heteroatoms. The Balaban J connectivity index is 2.35. The smallest absolute Gasteiger partial charge is 0.292 e. The molecule has 0 atom stereocenters. The maximum atomic E-state index is 12.1. The summed E-state index contributed by atoms with van der Waals surface area (Å²) in [5.74, 6) is -2.99. The predicted molar refractivity (Wildman–Crippen MR) is 61.8 cm³/mol. The number of carbonyl (C=O) groups is 2. The molecule has 0 radical (unpaired) electrons. The summed E-state index contributed by atoms with van der Waals surface area (Å²) in [6, 6.07) is 8.30. The van der Waals surface area contributed by atoms with Crippen LogP contribution in [0.4, 0.5) is 13.2 Å². The Bertz CT molecular complexity index is 644. The van der Waals surface area contributed by atoms with Crippen molar-refractivity contribution in [2.45, 2.75) is 12.6 Å². The maximum absolute atomic E-state index is 12.1. The number of Topliss-reactive ketones (excluding diaryl/α,β-unsaturated/α-hetero) is 2. The Morgan fingerprint density at radius 3 is 2.47 bits per heavy atom. The molecule has 3 nitrogen and oxygen atoms in total. The molecule has 98 valence electrons. The second-order valence-corrected chi connectivity index (χ2v) is 3.90. The number of halogens is 3. The van der Waals surface area contributed by atoms with Crippen LogP contribution in [0.3, 0.4) is 0 Å². The van der Waals surface area contributed by atoms with Crippen molar-refractivity contribution in [1.29, 1.82) is 0 Å². The first-order valence-electron chi connectivity index (χ1n) is 5.36. The summed E-state index contributed by atoms with van der Waals surface area (Å²) < 4.78 is 36.4. The minimum atomic E-state index is -5.00. The van der Waals surface area contributed by atoms with E-state index in [1.54, 1.807) is 30.3 Å². The van der Waals surface area contributed by atoms with Gasteiger partial charge in [0.2, 0.25) is 5.78 Å². The topological polar surface area (TPSA) is 47.0 Å². The molecule has 2 rings (SSSR count). The SMILES string of the molecule is O=C(CC(=O)C(F)(F)F)c1nccc2ccccc12. The van der Waals surface area contributed by atoms with E-state index >= 15 is 0 Å². The van der Waals surface area contributed by atoms with Gasteiger partial charge in [0.15, 0.2) is 5.78 Å². The quantitative estimate of drug-likeness (QED) is 0.634. The first-order chi connectivity index (χ1) is 8.89. The van der Waals surface area contributed by atoms with Gasteiger partial charge in [0.1, 0.15) is 5.69 Å². The van der Waals surface area contributed by atoms with E-state index in [4.69, 9.17) is 0 Å². The summed E-state index contributed by atoms with van der Waals surface area (Å²) in [7, 11) is 0. The fraction of sp³-hybridized carbons (Fsp3) is 0.154. The molecule has 0 amide bonds. The summed E-state index contributed by atoms with van der Waals surface area (Å²) in [6.45, 7) is 0.